The third-order valence-electron chi connectivity index (χ3n) is 4.30. The van der Waals surface area contributed by atoms with Crippen LogP contribution in [-0.4, -0.2) is 45.3 Å². The van der Waals surface area contributed by atoms with Crippen LogP contribution in [0.1, 0.15) is 18.4 Å². The number of nitrogens with one attached hydrogen (secondary N) is 1. The molecule has 0 aliphatic carbocycles. The molecule has 19 heavy (non-hydrogen) atoms. The smallest absolute Gasteiger partial charge is 0.161 e. The van der Waals surface area contributed by atoms with Crippen molar-refractivity contribution in [2.75, 3.05) is 40.4 Å². The first kappa shape index (κ1) is 12.8. The van der Waals surface area contributed by atoms with Crippen molar-refractivity contribution >= 4 is 0 Å². The fraction of sp³-hybridized carbons (Fsp3) is 0.600. The van der Waals surface area contributed by atoms with Crippen molar-refractivity contribution in [3.63, 3.8) is 0 Å². The topological polar surface area (TPSA) is 33.7 Å². The number of benzene rings is 1. The predicted molar refractivity (Wildman–Crippen MR) is 74.9 cm³/mol. The lowest BCUT2D eigenvalue weighted by atomic mass is 9.81. The Hall–Kier alpha value is -1.26. The first-order valence-corrected chi connectivity index (χ1v) is 7.01. The minimum absolute atomic E-state index is 0.0636. The van der Waals surface area contributed by atoms with Gasteiger partial charge in [-0.2, -0.15) is 0 Å². The first-order chi connectivity index (χ1) is 9.22. The second-order valence-corrected chi connectivity index (χ2v) is 5.56. The molecule has 2 heterocycles. The highest BCUT2D eigenvalue weighted by atomic mass is 16.6. The standard InChI is InChI=1S/C15H22N2O2/c1-17(2)15(6-3-7-16-11-15)12-4-5-13-14(10-12)19-9-8-18-13/h4-5,10,16H,3,6-9,11H2,1-2H3. The molecule has 4 nitrogen and oxygen atoms in total. The van der Waals surface area contributed by atoms with E-state index in [1.54, 1.807) is 0 Å². The van der Waals surface area contributed by atoms with Crippen LogP contribution in [-0.2, 0) is 5.54 Å². The third kappa shape index (κ3) is 2.19. The molecular formula is C15H22N2O2. The van der Waals surface area contributed by atoms with Crippen LogP contribution in [0.15, 0.2) is 18.2 Å². The summed E-state index contributed by atoms with van der Waals surface area (Å²) in [5.41, 5.74) is 1.38. The Balaban J connectivity index is 1.98. The lowest BCUT2D eigenvalue weighted by Gasteiger charge is -2.44. The number of ether oxygens (including phenoxy) is 2. The summed E-state index contributed by atoms with van der Waals surface area (Å²) in [7, 11) is 4.31. The number of likely N-dealkylation sites (N-methyl/N-ethyl adjacent to an activating group) is 1. The minimum Gasteiger partial charge on any atom is -0.486 e. The van der Waals surface area contributed by atoms with Crippen molar-refractivity contribution in [1.82, 2.24) is 10.2 Å². The minimum atomic E-state index is 0.0636. The van der Waals surface area contributed by atoms with Crippen LogP contribution in [0.4, 0.5) is 0 Å². The summed E-state index contributed by atoms with van der Waals surface area (Å²) < 4.78 is 11.3. The second kappa shape index (κ2) is 5.02. The van der Waals surface area contributed by atoms with Gasteiger partial charge in [-0.3, -0.25) is 4.90 Å². The molecule has 0 spiro atoms. The van der Waals surface area contributed by atoms with E-state index in [1.165, 1.54) is 18.4 Å². The highest BCUT2D eigenvalue weighted by molar-refractivity contribution is 5.46. The average Bonchev–Trinajstić information content (AvgIpc) is 2.47. The lowest BCUT2D eigenvalue weighted by Crippen LogP contribution is -2.52. The summed E-state index contributed by atoms with van der Waals surface area (Å²) in [6.07, 6.45) is 2.37. The number of piperidine rings is 1. The van der Waals surface area contributed by atoms with Gasteiger partial charge in [-0.05, 0) is 51.2 Å². The van der Waals surface area contributed by atoms with Gasteiger partial charge in [0, 0.05) is 6.54 Å². The quantitative estimate of drug-likeness (QED) is 0.878. The van der Waals surface area contributed by atoms with Crippen molar-refractivity contribution in [3.8, 4) is 11.5 Å². The van der Waals surface area contributed by atoms with E-state index in [0.717, 1.165) is 24.6 Å². The fourth-order valence-electron chi connectivity index (χ4n) is 3.11. The summed E-state index contributed by atoms with van der Waals surface area (Å²) in [6.45, 7) is 3.39. The Kier molecular flexibility index (Phi) is 3.37. The van der Waals surface area contributed by atoms with Crippen LogP contribution in [0.25, 0.3) is 0 Å². The Morgan fingerprint density at radius 1 is 1.16 bits per heavy atom. The van der Waals surface area contributed by atoms with Gasteiger partial charge in [0.15, 0.2) is 11.5 Å². The molecule has 2 aliphatic rings. The zero-order chi connectivity index (χ0) is 13.3. The maximum atomic E-state index is 5.72. The van der Waals surface area contributed by atoms with Crippen molar-refractivity contribution in [2.24, 2.45) is 0 Å². The molecule has 0 amide bonds. The van der Waals surface area contributed by atoms with Crippen LogP contribution < -0.4 is 14.8 Å². The maximum Gasteiger partial charge on any atom is 0.161 e. The molecule has 1 fully saturated rings. The monoisotopic (exact) mass is 262 g/mol. The molecule has 0 aromatic heterocycles. The van der Waals surface area contributed by atoms with Gasteiger partial charge in [-0.1, -0.05) is 6.07 Å². The van der Waals surface area contributed by atoms with E-state index in [-0.39, 0.29) is 5.54 Å². The highest BCUT2D eigenvalue weighted by Gasteiger charge is 2.36. The zero-order valence-electron chi connectivity index (χ0n) is 11.7. The van der Waals surface area contributed by atoms with E-state index in [0.29, 0.717) is 13.2 Å². The van der Waals surface area contributed by atoms with E-state index in [1.807, 2.05) is 6.07 Å². The normalized spacial score (nSPS) is 26.5. The zero-order valence-corrected chi connectivity index (χ0v) is 11.7. The molecule has 3 rings (SSSR count). The Bertz CT molecular complexity index is 453. The molecule has 1 saturated heterocycles. The molecule has 4 heteroatoms. The molecule has 1 N–H and O–H groups in total. The largest absolute Gasteiger partial charge is 0.486 e. The van der Waals surface area contributed by atoms with Crippen LogP contribution in [0.2, 0.25) is 0 Å². The fourth-order valence-corrected chi connectivity index (χ4v) is 3.11. The van der Waals surface area contributed by atoms with Crippen molar-refractivity contribution < 1.29 is 9.47 Å². The summed E-state index contributed by atoms with van der Waals surface area (Å²) in [4.78, 5) is 2.32. The van der Waals surface area contributed by atoms with Gasteiger partial charge in [0.2, 0.25) is 0 Å². The van der Waals surface area contributed by atoms with E-state index in [9.17, 15) is 0 Å². The van der Waals surface area contributed by atoms with Crippen molar-refractivity contribution in [3.05, 3.63) is 23.8 Å². The summed E-state index contributed by atoms with van der Waals surface area (Å²) in [6, 6.07) is 6.38. The van der Waals surface area contributed by atoms with Crippen LogP contribution in [0, 0.1) is 0 Å². The molecule has 104 valence electrons. The van der Waals surface area contributed by atoms with Gasteiger partial charge in [0.05, 0.1) is 5.54 Å². The number of hydrogen-bond acceptors (Lipinski definition) is 4. The SMILES string of the molecule is CN(C)C1(c2ccc3c(c2)OCCO3)CCCNC1. The highest BCUT2D eigenvalue weighted by Crippen LogP contribution is 2.39. The first-order valence-electron chi connectivity index (χ1n) is 7.01. The molecule has 1 aromatic carbocycles. The molecule has 1 aromatic rings. The van der Waals surface area contributed by atoms with Gasteiger partial charge in [-0.15, -0.1) is 0 Å². The van der Waals surface area contributed by atoms with Gasteiger partial charge in [-0.25, -0.2) is 0 Å². The molecule has 0 bridgehead atoms. The van der Waals surface area contributed by atoms with Crippen molar-refractivity contribution in [1.29, 1.82) is 0 Å². The average molecular weight is 262 g/mol. The number of rotatable bonds is 2. The van der Waals surface area contributed by atoms with Gasteiger partial charge < -0.3 is 14.8 Å². The van der Waals surface area contributed by atoms with E-state index in [4.69, 9.17) is 9.47 Å². The summed E-state index contributed by atoms with van der Waals surface area (Å²) >= 11 is 0. The van der Waals surface area contributed by atoms with Gasteiger partial charge in [0.1, 0.15) is 13.2 Å². The molecule has 2 aliphatic heterocycles. The van der Waals surface area contributed by atoms with Gasteiger partial charge in [0.25, 0.3) is 0 Å². The van der Waals surface area contributed by atoms with E-state index < -0.39 is 0 Å². The van der Waals surface area contributed by atoms with Gasteiger partial charge >= 0.3 is 0 Å². The summed E-state index contributed by atoms with van der Waals surface area (Å²) in [5, 5.41) is 3.52. The van der Waals surface area contributed by atoms with E-state index in [2.05, 4.69) is 36.4 Å². The Labute approximate surface area is 114 Å². The Morgan fingerprint density at radius 3 is 2.63 bits per heavy atom. The molecule has 1 unspecified atom stereocenters. The van der Waals surface area contributed by atoms with E-state index >= 15 is 0 Å². The van der Waals surface area contributed by atoms with Crippen LogP contribution in [0.3, 0.4) is 0 Å². The van der Waals surface area contributed by atoms with Crippen LogP contribution in [0.5, 0.6) is 11.5 Å². The number of hydrogen-bond donors (Lipinski definition) is 1. The van der Waals surface area contributed by atoms with Crippen LogP contribution >= 0.6 is 0 Å². The number of nitrogens with zero attached hydrogens (tertiary/aromatic N) is 1. The number of fused-ring (bicyclic) bond motifs is 1. The molecule has 0 saturated carbocycles. The van der Waals surface area contributed by atoms with Crippen molar-refractivity contribution in [2.45, 2.75) is 18.4 Å². The molecule has 0 radical (unpaired) electrons. The lowest BCUT2D eigenvalue weighted by molar-refractivity contribution is 0.111. The molecular weight excluding hydrogens is 240 g/mol. The molecule has 1 atom stereocenters. The third-order valence-corrected chi connectivity index (χ3v) is 4.30. The Morgan fingerprint density at radius 2 is 1.95 bits per heavy atom. The maximum absolute atomic E-state index is 5.72. The second-order valence-electron chi connectivity index (χ2n) is 5.56. The summed E-state index contributed by atoms with van der Waals surface area (Å²) in [5.74, 6) is 1.75. The predicted octanol–water partition coefficient (Wildman–Crippen LogP) is 1.60.